The van der Waals surface area contributed by atoms with E-state index in [0.717, 1.165) is 13.3 Å². The zero-order valence-corrected chi connectivity index (χ0v) is 15.1. The van der Waals surface area contributed by atoms with Gasteiger partial charge in [0.2, 0.25) is 0 Å². The van der Waals surface area contributed by atoms with E-state index in [1.54, 1.807) is 0 Å². The van der Waals surface area contributed by atoms with E-state index in [1.165, 1.54) is 0 Å². The second-order valence-corrected chi connectivity index (χ2v) is 10.5. The second-order valence-electron chi connectivity index (χ2n) is 5.42. The number of phosphoric ester groups is 2. The lowest BCUT2D eigenvalue weighted by Crippen LogP contribution is -2.65. The van der Waals surface area contributed by atoms with E-state index in [0.29, 0.717) is 0 Å². The van der Waals surface area contributed by atoms with Crippen LogP contribution in [-0.4, -0.2) is 84.8 Å². The third-order valence-electron chi connectivity index (χ3n) is 2.91. The number of aliphatic hydroxyl groups is 3. The molecule has 144 valence electrons. The first-order chi connectivity index (χ1) is 10.5. The van der Waals surface area contributed by atoms with Gasteiger partial charge in [0, 0.05) is 13.3 Å². The summed E-state index contributed by atoms with van der Waals surface area (Å²) in [6, 6.07) is 0. The summed E-state index contributed by atoms with van der Waals surface area (Å²) in [5.41, 5.74) is 0. The Morgan fingerprint density at radius 2 is 0.958 bits per heavy atom. The maximum absolute atomic E-state index is 11.8. The van der Waals surface area contributed by atoms with Gasteiger partial charge >= 0.3 is 15.6 Å². The van der Waals surface area contributed by atoms with E-state index < -0.39 is 59.6 Å². The Labute approximate surface area is 136 Å². The number of rotatable bonds is 6. The predicted molar refractivity (Wildman–Crippen MR) is 76.2 cm³/mol. The van der Waals surface area contributed by atoms with Crippen molar-refractivity contribution in [3.05, 3.63) is 0 Å². The zero-order valence-electron chi connectivity index (χ0n) is 12.4. The molecule has 1 aliphatic carbocycles. The Balaban J connectivity index is 3.23. The maximum atomic E-state index is 11.8. The average molecular weight is 416 g/mol. The van der Waals surface area contributed by atoms with E-state index in [2.05, 4.69) is 9.05 Å². The van der Waals surface area contributed by atoms with Gasteiger partial charge in [-0.15, -0.1) is 0 Å². The maximum Gasteiger partial charge on any atom is 0.470 e. The molecule has 7 N–H and O–H groups in total. The molecule has 0 aromatic heterocycles. The molecule has 0 aromatic carbocycles. The summed E-state index contributed by atoms with van der Waals surface area (Å²) < 4.78 is 47.1. The third kappa shape index (κ3) is 6.54. The lowest BCUT2D eigenvalue weighted by atomic mass is 9.85. The van der Waals surface area contributed by atoms with Crippen LogP contribution in [0.3, 0.4) is 0 Å². The molecule has 0 bridgehead atoms. The SMILES string of the molecule is CP(C)(=O)O[C@@H]1[C@@H](O)[C@@H](O)[C@@H](OP(=O)(O)O)[C@H](O)[C@H]1OP(=O)(O)O. The topological polar surface area (TPSA) is 221 Å². The number of phosphoric acid groups is 2. The van der Waals surface area contributed by atoms with Gasteiger partial charge in [-0.3, -0.25) is 13.6 Å². The fourth-order valence-corrected chi connectivity index (χ4v) is 4.11. The van der Waals surface area contributed by atoms with Gasteiger partial charge < -0.3 is 39.4 Å². The fraction of sp³-hybridized carbons (Fsp3) is 1.00. The molecule has 6 atom stereocenters. The largest absolute Gasteiger partial charge is 0.470 e. The van der Waals surface area contributed by atoms with Crippen LogP contribution in [0.5, 0.6) is 0 Å². The van der Waals surface area contributed by atoms with Crippen molar-refractivity contribution in [2.75, 3.05) is 13.3 Å². The highest BCUT2D eigenvalue weighted by molar-refractivity contribution is 7.57. The third-order valence-corrected chi connectivity index (χ3v) is 4.70. The van der Waals surface area contributed by atoms with Crippen molar-refractivity contribution < 1.29 is 62.2 Å². The van der Waals surface area contributed by atoms with Crippen LogP contribution in [0.1, 0.15) is 0 Å². The predicted octanol–water partition coefficient (Wildman–Crippen LogP) is -2.04. The van der Waals surface area contributed by atoms with Crippen molar-refractivity contribution in [2.24, 2.45) is 0 Å². The van der Waals surface area contributed by atoms with Gasteiger partial charge in [-0.2, -0.15) is 0 Å². The van der Waals surface area contributed by atoms with Crippen LogP contribution >= 0.6 is 23.0 Å². The van der Waals surface area contributed by atoms with Crippen molar-refractivity contribution in [1.29, 1.82) is 0 Å². The van der Waals surface area contributed by atoms with Gasteiger partial charge in [0.25, 0.3) is 0 Å². The van der Waals surface area contributed by atoms with E-state index in [4.69, 9.17) is 24.1 Å². The molecule has 0 amide bonds. The molecule has 0 spiro atoms. The molecule has 16 heteroatoms. The summed E-state index contributed by atoms with van der Waals surface area (Å²) in [5, 5.41) is 29.9. The Hall–Kier alpha value is 0.290. The van der Waals surface area contributed by atoms with Crippen LogP contribution in [0.4, 0.5) is 0 Å². The molecule has 1 aliphatic rings. The summed E-state index contributed by atoms with van der Waals surface area (Å²) in [4.78, 5) is 35.3. The fourth-order valence-electron chi connectivity index (χ4n) is 2.15. The summed E-state index contributed by atoms with van der Waals surface area (Å²) in [5.74, 6) is 0. The minimum Gasteiger partial charge on any atom is -0.387 e. The monoisotopic (exact) mass is 416 g/mol. The van der Waals surface area contributed by atoms with Crippen LogP contribution in [-0.2, 0) is 27.3 Å². The summed E-state index contributed by atoms with van der Waals surface area (Å²) >= 11 is 0. The molecule has 0 saturated heterocycles. The van der Waals surface area contributed by atoms with Crippen LogP contribution in [0.25, 0.3) is 0 Å². The Bertz CT molecular complexity index is 576. The lowest BCUT2D eigenvalue weighted by molar-refractivity contribution is -0.209. The zero-order chi connectivity index (χ0) is 19.1. The first-order valence-corrected chi connectivity index (χ1v) is 11.9. The Kier molecular flexibility index (Phi) is 6.97. The van der Waals surface area contributed by atoms with Crippen LogP contribution in [0.2, 0.25) is 0 Å². The minimum atomic E-state index is -5.27. The van der Waals surface area contributed by atoms with Crippen molar-refractivity contribution in [3.63, 3.8) is 0 Å². The van der Waals surface area contributed by atoms with Crippen LogP contribution < -0.4 is 0 Å². The highest BCUT2D eigenvalue weighted by Crippen LogP contribution is 2.49. The molecular formula is C8H19O13P3. The van der Waals surface area contributed by atoms with Gasteiger partial charge in [-0.1, -0.05) is 0 Å². The van der Waals surface area contributed by atoms with Crippen molar-refractivity contribution in [3.8, 4) is 0 Å². The summed E-state index contributed by atoms with van der Waals surface area (Å²) in [6.07, 6.45) is -12.6. The summed E-state index contributed by atoms with van der Waals surface area (Å²) in [6.45, 7) is 2.18. The highest BCUT2D eigenvalue weighted by Gasteiger charge is 2.55. The van der Waals surface area contributed by atoms with Crippen molar-refractivity contribution in [1.82, 2.24) is 0 Å². The molecule has 1 saturated carbocycles. The first-order valence-electron chi connectivity index (χ1n) is 6.27. The molecule has 0 aliphatic heterocycles. The molecule has 13 nitrogen and oxygen atoms in total. The minimum absolute atomic E-state index is 1.09. The van der Waals surface area contributed by atoms with Gasteiger partial charge in [-0.25, -0.2) is 9.13 Å². The van der Waals surface area contributed by atoms with E-state index in [9.17, 15) is 29.0 Å². The van der Waals surface area contributed by atoms with Gasteiger partial charge in [0.15, 0.2) is 7.37 Å². The number of aliphatic hydroxyl groups excluding tert-OH is 3. The number of hydrogen-bond acceptors (Lipinski definition) is 9. The lowest BCUT2D eigenvalue weighted by Gasteiger charge is -2.44. The van der Waals surface area contributed by atoms with Gasteiger partial charge in [0.1, 0.15) is 36.6 Å². The van der Waals surface area contributed by atoms with Gasteiger partial charge in [0.05, 0.1) is 0 Å². The Morgan fingerprint density at radius 1 is 0.625 bits per heavy atom. The molecule has 1 fully saturated rings. The molecule has 0 heterocycles. The highest BCUT2D eigenvalue weighted by atomic mass is 31.2. The van der Waals surface area contributed by atoms with Crippen molar-refractivity contribution in [2.45, 2.75) is 36.6 Å². The molecule has 1 rings (SSSR count). The molecule has 0 radical (unpaired) electrons. The van der Waals surface area contributed by atoms with E-state index in [1.807, 2.05) is 0 Å². The van der Waals surface area contributed by atoms with Crippen LogP contribution in [0, 0.1) is 0 Å². The molecule has 24 heavy (non-hydrogen) atoms. The summed E-state index contributed by atoms with van der Waals surface area (Å²) in [7, 11) is -13.9. The van der Waals surface area contributed by atoms with Crippen molar-refractivity contribution >= 4 is 23.0 Å². The average Bonchev–Trinajstić information content (AvgIpc) is 2.32. The molecule has 0 unspecified atom stereocenters. The van der Waals surface area contributed by atoms with Gasteiger partial charge in [-0.05, 0) is 0 Å². The standard InChI is InChI=1S/C8H19O13P3/c1-22(2,12)19-7-4(10)3(9)6(20-23(13,14)15)5(11)8(7)21-24(16,17)18/h3-11H,1-2H3,(H2,13,14,15)(H2,16,17,18)/t3-,4+,5+,6-,7-,8-/m1/s1. The normalized spacial score (nSPS) is 35.9. The quantitative estimate of drug-likeness (QED) is 0.232. The van der Waals surface area contributed by atoms with Crippen LogP contribution in [0.15, 0.2) is 0 Å². The molecular weight excluding hydrogens is 397 g/mol. The second kappa shape index (κ2) is 7.50. The molecule has 0 aromatic rings. The van der Waals surface area contributed by atoms with E-state index in [-0.39, 0.29) is 0 Å². The Morgan fingerprint density at radius 3 is 1.33 bits per heavy atom. The number of hydrogen-bond donors (Lipinski definition) is 7. The van der Waals surface area contributed by atoms with E-state index >= 15 is 0 Å². The smallest absolute Gasteiger partial charge is 0.387 e. The first kappa shape index (κ1) is 22.3.